The highest BCUT2D eigenvalue weighted by Gasteiger charge is 2.29. The summed E-state index contributed by atoms with van der Waals surface area (Å²) in [5.74, 6) is 0.0254. The van der Waals surface area contributed by atoms with Crippen molar-refractivity contribution >= 4 is 45.6 Å². The van der Waals surface area contributed by atoms with Crippen molar-refractivity contribution in [2.45, 2.75) is 19.1 Å². The highest BCUT2D eigenvalue weighted by atomic mass is 35.5. The van der Waals surface area contributed by atoms with E-state index >= 15 is 0 Å². The van der Waals surface area contributed by atoms with Crippen LogP contribution < -0.4 is 10.0 Å². The fourth-order valence-corrected chi connectivity index (χ4v) is 3.32. The van der Waals surface area contributed by atoms with Gasteiger partial charge in [0.25, 0.3) is 0 Å². The summed E-state index contributed by atoms with van der Waals surface area (Å²) >= 11 is 12.0. The SMILES string of the molecule is CCS(=O)(=O)N[C@@H]1CNCCO[C@H]1c1ccc(Cl)c(Cl)c1.Cl. The summed E-state index contributed by atoms with van der Waals surface area (Å²) in [6.45, 7) is 3.25. The minimum atomic E-state index is -3.32. The third kappa shape index (κ3) is 5.23. The van der Waals surface area contributed by atoms with Crippen LogP contribution in [0, 0.1) is 0 Å². The monoisotopic (exact) mass is 388 g/mol. The molecule has 2 N–H and O–H groups in total. The number of nitrogens with one attached hydrogen (secondary N) is 2. The predicted octanol–water partition coefficient (Wildman–Crippen LogP) is 2.38. The van der Waals surface area contributed by atoms with Crippen LogP contribution in [-0.2, 0) is 14.8 Å². The van der Waals surface area contributed by atoms with E-state index in [2.05, 4.69) is 10.0 Å². The third-order valence-electron chi connectivity index (χ3n) is 3.29. The summed E-state index contributed by atoms with van der Waals surface area (Å²) in [4.78, 5) is 0. The molecule has 9 heteroatoms. The number of hydrogen-bond acceptors (Lipinski definition) is 4. The number of benzene rings is 1. The lowest BCUT2D eigenvalue weighted by Gasteiger charge is -2.26. The molecule has 0 radical (unpaired) electrons. The Labute approximate surface area is 147 Å². The van der Waals surface area contributed by atoms with Crippen molar-refractivity contribution in [1.82, 2.24) is 10.0 Å². The molecule has 0 amide bonds. The second-order valence-electron chi connectivity index (χ2n) is 4.80. The Hall–Kier alpha value is -0.0800. The van der Waals surface area contributed by atoms with Gasteiger partial charge in [0, 0.05) is 13.1 Å². The molecule has 1 aromatic carbocycles. The molecule has 1 fully saturated rings. The van der Waals surface area contributed by atoms with Crippen LogP contribution in [0.4, 0.5) is 0 Å². The van der Waals surface area contributed by atoms with Crippen LogP contribution in [0.1, 0.15) is 18.6 Å². The van der Waals surface area contributed by atoms with E-state index in [0.717, 1.165) is 5.56 Å². The Morgan fingerprint density at radius 1 is 1.36 bits per heavy atom. The van der Waals surface area contributed by atoms with Crippen LogP contribution in [0.5, 0.6) is 0 Å². The zero-order valence-electron chi connectivity index (χ0n) is 12.0. The second kappa shape index (κ2) is 8.68. The van der Waals surface area contributed by atoms with Crippen molar-refractivity contribution in [2.24, 2.45) is 0 Å². The molecule has 2 atom stereocenters. The molecule has 0 bridgehead atoms. The Balaban J connectivity index is 0.00000242. The molecule has 1 heterocycles. The molecule has 0 aliphatic carbocycles. The summed E-state index contributed by atoms with van der Waals surface area (Å²) in [6.07, 6.45) is -0.406. The fraction of sp³-hybridized carbons (Fsp3) is 0.538. The van der Waals surface area contributed by atoms with Crippen LogP contribution in [0.25, 0.3) is 0 Å². The first-order valence-corrected chi connectivity index (χ1v) is 9.11. The van der Waals surface area contributed by atoms with E-state index in [1.807, 2.05) is 0 Å². The topological polar surface area (TPSA) is 67.4 Å². The van der Waals surface area contributed by atoms with Crippen LogP contribution in [0.3, 0.4) is 0 Å². The lowest BCUT2D eigenvalue weighted by Crippen LogP contribution is -2.45. The largest absolute Gasteiger partial charge is 0.370 e. The number of ether oxygens (including phenoxy) is 1. The summed E-state index contributed by atoms with van der Waals surface area (Å²) in [5.41, 5.74) is 0.803. The number of halogens is 3. The second-order valence-corrected chi connectivity index (χ2v) is 7.65. The van der Waals surface area contributed by atoms with Gasteiger partial charge in [0.05, 0.1) is 28.4 Å². The first kappa shape index (κ1) is 20.0. The van der Waals surface area contributed by atoms with Gasteiger partial charge in [0.2, 0.25) is 10.0 Å². The van der Waals surface area contributed by atoms with E-state index in [9.17, 15) is 8.42 Å². The molecule has 0 saturated carbocycles. The van der Waals surface area contributed by atoms with Gasteiger partial charge in [-0.3, -0.25) is 0 Å². The Kier molecular flexibility index (Phi) is 7.88. The van der Waals surface area contributed by atoms with Crippen molar-refractivity contribution in [3.8, 4) is 0 Å². The Bertz CT molecular complexity index is 598. The molecular formula is C13H19Cl3N2O3S. The lowest BCUT2D eigenvalue weighted by molar-refractivity contribution is 0.0493. The quantitative estimate of drug-likeness (QED) is 0.830. The van der Waals surface area contributed by atoms with Crippen LogP contribution >= 0.6 is 35.6 Å². The summed E-state index contributed by atoms with van der Waals surface area (Å²) in [6, 6.07) is 4.81. The van der Waals surface area contributed by atoms with E-state index < -0.39 is 22.2 Å². The highest BCUT2D eigenvalue weighted by molar-refractivity contribution is 7.89. The van der Waals surface area contributed by atoms with Gasteiger partial charge in [-0.1, -0.05) is 29.3 Å². The zero-order chi connectivity index (χ0) is 15.5. The molecular weight excluding hydrogens is 371 g/mol. The molecule has 1 saturated heterocycles. The van der Waals surface area contributed by atoms with Gasteiger partial charge in [-0.25, -0.2) is 13.1 Å². The van der Waals surface area contributed by atoms with E-state index in [1.165, 1.54) is 0 Å². The molecule has 22 heavy (non-hydrogen) atoms. The molecule has 2 rings (SSSR count). The fourth-order valence-electron chi connectivity index (χ4n) is 2.17. The van der Waals surface area contributed by atoms with Crippen LogP contribution in [-0.4, -0.2) is 39.9 Å². The van der Waals surface area contributed by atoms with Crippen molar-refractivity contribution in [2.75, 3.05) is 25.4 Å². The van der Waals surface area contributed by atoms with Gasteiger partial charge in [0.1, 0.15) is 6.10 Å². The normalized spacial score (nSPS) is 22.7. The maximum absolute atomic E-state index is 11.8. The molecule has 0 aromatic heterocycles. The lowest BCUT2D eigenvalue weighted by atomic mass is 10.0. The molecule has 0 unspecified atom stereocenters. The Morgan fingerprint density at radius 2 is 2.09 bits per heavy atom. The van der Waals surface area contributed by atoms with Crippen LogP contribution in [0.15, 0.2) is 18.2 Å². The molecule has 0 spiro atoms. The summed E-state index contributed by atoms with van der Waals surface area (Å²) in [5, 5.41) is 4.04. The first-order chi connectivity index (χ1) is 9.93. The third-order valence-corrected chi connectivity index (χ3v) is 5.45. The average Bonchev–Trinajstić information content (AvgIpc) is 2.67. The smallest absolute Gasteiger partial charge is 0.211 e. The number of hydrogen-bond donors (Lipinski definition) is 2. The maximum atomic E-state index is 11.8. The van der Waals surface area contributed by atoms with E-state index in [1.54, 1.807) is 25.1 Å². The number of sulfonamides is 1. The van der Waals surface area contributed by atoms with Gasteiger partial charge in [0.15, 0.2) is 0 Å². The van der Waals surface area contributed by atoms with Crippen LogP contribution in [0.2, 0.25) is 10.0 Å². The summed E-state index contributed by atoms with van der Waals surface area (Å²) in [7, 11) is -3.32. The maximum Gasteiger partial charge on any atom is 0.211 e. The van der Waals surface area contributed by atoms with Gasteiger partial charge >= 0.3 is 0 Å². The first-order valence-electron chi connectivity index (χ1n) is 6.70. The van der Waals surface area contributed by atoms with Crippen molar-refractivity contribution in [3.63, 3.8) is 0 Å². The van der Waals surface area contributed by atoms with Crippen molar-refractivity contribution in [1.29, 1.82) is 0 Å². The molecule has 1 aliphatic heterocycles. The average molecular weight is 390 g/mol. The molecule has 1 aromatic rings. The van der Waals surface area contributed by atoms with Gasteiger partial charge in [-0.05, 0) is 24.6 Å². The van der Waals surface area contributed by atoms with Crippen molar-refractivity contribution < 1.29 is 13.2 Å². The standard InChI is InChI=1S/C13H18Cl2N2O3S.ClH/c1-2-21(18,19)17-12-8-16-5-6-20-13(12)9-3-4-10(14)11(15)7-9;/h3-4,7,12-13,16-17H,2,5-6,8H2,1H3;1H/t12-,13+;/m1./s1. The molecule has 126 valence electrons. The van der Waals surface area contributed by atoms with Crippen molar-refractivity contribution in [3.05, 3.63) is 33.8 Å². The minimum Gasteiger partial charge on any atom is -0.370 e. The molecule has 1 aliphatic rings. The molecule has 5 nitrogen and oxygen atoms in total. The summed E-state index contributed by atoms with van der Waals surface area (Å²) < 4.78 is 32.1. The van der Waals surface area contributed by atoms with Gasteiger partial charge < -0.3 is 10.1 Å². The van der Waals surface area contributed by atoms with E-state index in [4.69, 9.17) is 27.9 Å². The van der Waals surface area contributed by atoms with Gasteiger partial charge in [-0.15, -0.1) is 12.4 Å². The van der Waals surface area contributed by atoms with E-state index in [-0.39, 0.29) is 18.2 Å². The number of rotatable bonds is 4. The Morgan fingerprint density at radius 3 is 2.73 bits per heavy atom. The highest BCUT2D eigenvalue weighted by Crippen LogP contribution is 2.29. The predicted molar refractivity (Wildman–Crippen MR) is 91.7 cm³/mol. The van der Waals surface area contributed by atoms with Gasteiger partial charge in [-0.2, -0.15) is 0 Å². The minimum absolute atomic E-state index is 0. The van der Waals surface area contributed by atoms with E-state index in [0.29, 0.717) is 29.7 Å². The zero-order valence-corrected chi connectivity index (χ0v) is 15.2.